The van der Waals surface area contributed by atoms with Crippen LogP contribution in [0.1, 0.15) is 45.0 Å². The number of anilines is 1. The van der Waals surface area contributed by atoms with Gasteiger partial charge in [-0.15, -0.1) is 5.10 Å². The Bertz CT molecular complexity index is 779. The molecule has 2 atom stereocenters. The van der Waals surface area contributed by atoms with Crippen LogP contribution in [0.2, 0.25) is 0 Å². The zero-order chi connectivity index (χ0) is 20.9. The first-order valence-electron chi connectivity index (χ1n) is 11.2. The van der Waals surface area contributed by atoms with Gasteiger partial charge in [0, 0.05) is 18.7 Å². The van der Waals surface area contributed by atoms with Gasteiger partial charge in [-0.3, -0.25) is 0 Å². The summed E-state index contributed by atoms with van der Waals surface area (Å²) in [4.78, 5) is 4.04. The summed E-state index contributed by atoms with van der Waals surface area (Å²) in [6.45, 7) is 10.4. The molecule has 4 rings (SSSR count). The maximum Gasteiger partial charge on any atom is 0.209 e. The summed E-state index contributed by atoms with van der Waals surface area (Å²) in [5, 5.41) is 12.8. The van der Waals surface area contributed by atoms with Crippen molar-refractivity contribution in [3.63, 3.8) is 0 Å². The van der Waals surface area contributed by atoms with E-state index in [1.165, 1.54) is 5.69 Å². The van der Waals surface area contributed by atoms with Gasteiger partial charge >= 0.3 is 0 Å². The number of rotatable bonds is 8. The Morgan fingerprint density at radius 3 is 2.60 bits per heavy atom. The van der Waals surface area contributed by atoms with Gasteiger partial charge in [0.1, 0.15) is 11.8 Å². The maximum atomic E-state index is 5.83. The monoisotopic (exact) mass is 415 g/mol. The van der Waals surface area contributed by atoms with Crippen LogP contribution in [0.25, 0.3) is 0 Å². The van der Waals surface area contributed by atoms with Crippen LogP contribution >= 0.6 is 0 Å². The van der Waals surface area contributed by atoms with Gasteiger partial charge in [-0.1, -0.05) is 13.8 Å². The molecule has 0 amide bonds. The molecule has 1 aromatic carbocycles. The van der Waals surface area contributed by atoms with Gasteiger partial charge in [-0.2, -0.15) is 0 Å². The lowest BCUT2D eigenvalue weighted by Gasteiger charge is -2.37. The van der Waals surface area contributed by atoms with E-state index < -0.39 is 0 Å². The van der Waals surface area contributed by atoms with Crippen molar-refractivity contribution in [1.29, 1.82) is 0 Å². The topological polar surface area (TPSA) is 69.7 Å². The molecule has 30 heavy (non-hydrogen) atoms. The Balaban J connectivity index is 1.44. The van der Waals surface area contributed by atoms with E-state index in [9.17, 15) is 0 Å². The highest BCUT2D eigenvalue weighted by Gasteiger charge is 2.34. The summed E-state index contributed by atoms with van der Waals surface area (Å²) in [5.41, 5.74) is 1.26. The standard InChI is InChI=1S/C22H34N6O2/c1-17(2)15-21(22-23-24-25-28(22)16-20-5-4-14-30-20)27-12-10-26(11-13-27)18-6-8-19(29-3)9-7-18/h6-9,17,20-21H,4-5,10-16H2,1-3H3/p+1/t20-,21-/m1/s1. The Morgan fingerprint density at radius 1 is 1.20 bits per heavy atom. The second-order valence-electron chi connectivity index (χ2n) is 8.88. The number of hydrogen-bond donors (Lipinski definition) is 1. The first kappa shape index (κ1) is 21.1. The Morgan fingerprint density at radius 2 is 1.97 bits per heavy atom. The molecule has 2 fully saturated rings. The van der Waals surface area contributed by atoms with Crippen LogP contribution in [0.3, 0.4) is 0 Å². The van der Waals surface area contributed by atoms with Gasteiger partial charge in [-0.05, 0) is 53.5 Å². The summed E-state index contributed by atoms with van der Waals surface area (Å²) >= 11 is 0. The molecule has 2 saturated heterocycles. The molecule has 0 unspecified atom stereocenters. The van der Waals surface area contributed by atoms with Crippen LogP contribution in [0.5, 0.6) is 5.75 Å². The minimum atomic E-state index is 0.244. The van der Waals surface area contributed by atoms with Crippen molar-refractivity contribution in [3.05, 3.63) is 30.1 Å². The number of hydrogen-bond acceptors (Lipinski definition) is 6. The van der Waals surface area contributed by atoms with Gasteiger partial charge in [0.15, 0.2) is 0 Å². The van der Waals surface area contributed by atoms with E-state index in [0.29, 0.717) is 12.0 Å². The van der Waals surface area contributed by atoms with Gasteiger partial charge in [0.2, 0.25) is 5.82 Å². The van der Waals surface area contributed by atoms with Gasteiger partial charge < -0.3 is 19.3 Å². The third kappa shape index (κ3) is 4.92. The lowest BCUT2D eigenvalue weighted by Crippen LogP contribution is -3.15. The quantitative estimate of drug-likeness (QED) is 0.702. The largest absolute Gasteiger partial charge is 0.497 e. The highest BCUT2D eigenvalue weighted by atomic mass is 16.5. The normalized spacial score (nSPS) is 21.3. The second-order valence-corrected chi connectivity index (χ2v) is 8.88. The van der Waals surface area contributed by atoms with Crippen molar-refractivity contribution in [2.24, 2.45) is 5.92 Å². The number of nitrogens with zero attached hydrogens (tertiary/aromatic N) is 5. The van der Waals surface area contributed by atoms with E-state index in [-0.39, 0.29) is 6.10 Å². The lowest BCUT2D eigenvalue weighted by atomic mass is 10.0. The van der Waals surface area contributed by atoms with Crippen LogP contribution in [0.15, 0.2) is 24.3 Å². The zero-order valence-electron chi connectivity index (χ0n) is 18.5. The third-order valence-electron chi connectivity index (χ3n) is 6.31. The second kappa shape index (κ2) is 9.75. The fraction of sp³-hybridized carbons (Fsp3) is 0.682. The van der Waals surface area contributed by atoms with Gasteiger partial charge in [0.05, 0.1) is 45.9 Å². The van der Waals surface area contributed by atoms with Crippen LogP contribution in [-0.2, 0) is 11.3 Å². The molecule has 164 valence electrons. The van der Waals surface area contributed by atoms with Crippen molar-refractivity contribution in [2.75, 3.05) is 44.8 Å². The smallest absolute Gasteiger partial charge is 0.209 e. The van der Waals surface area contributed by atoms with Crippen molar-refractivity contribution in [1.82, 2.24) is 20.2 Å². The van der Waals surface area contributed by atoms with Gasteiger partial charge in [-0.25, -0.2) is 4.68 Å². The SMILES string of the molecule is COc1ccc(N2CC[NH+]([C@H](CC(C)C)c3nnnn3C[C@H]3CCCO3)CC2)cc1. The van der Waals surface area contributed by atoms with Crippen LogP contribution < -0.4 is 14.5 Å². The minimum Gasteiger partial charge on any atom is -0.497 e. The molecule has 8 heteroatoms. The number of piperazine rings is 1. The van der Waals surface area contributed by atoms with E-state index in [0.717, 1.165) is 70.2 Å². The molecule has 0 saturated carbocycles. The Labute approximate surface area is 179 Å². The average Bonchev–Trinajstić information content (AvgIpc) is 3.45. The molecule has 2 aliphatic rings. The van der Waals surface area contributed by atoms with Crippen molar-refractivity contribution >= 4 is 5.69 Å². The zero-order valence-corrected chi connectivity index (χ0v) is 18.5. The first-order chi connectivity index (χ1) is 14.6. The molecule has 0 radical (unpaired) electrons. The van der Waals surface area contributed by atoms with E-state index >= 15 is 0 Å². The van der Waals surface area contributed by atoms with Crippen molar-refractivity contribution < 1.29 is 14.4 Å². The lowest BCUT2D eigenvalue weighted by molar-refractivity contribution is -0.934. The van der Waals surface area contributed by atoms with E-state index in [2.05, 4.69) is 46.4 Å². The number of ether oxygens (including phenoxy) is 2. The number of tetrazole rings is 1. The van der Waals surface area contributed by atoms with Crippen LogP contribution in [0.4, 0.5) is 5.69 Å². The molecule has 1 N–H and O–H groups in total. The predicted octanol–water partition coefficient (Wildman–Crippen LogP) is 1.35. The highest BCUT2D eigenvalue weighted by molar-refractivity contribution is 5.49. The molecular formula is C22H35N6O2+. The Kier molecular flexibility index (Phi) is 6.84. The highest BCUT2D eigenvalue weighted by Crippen LogP contribution is 2.21. The minimum absolute atomic E-state index is 0.244. The molecular weight excluding hydrogens is 380 g/mol. The summed E-state index contributed by atoms with van der Waals surface area (Å²) in [7, 11) is 1.71. The number of aromatic nitrogens is 4. The molecule has 3 heterocycles. The number of benzene rings is 1. The fourth-order valence-corrected chi connectivity index (χ4v) is 4.69. The average molecular weight is 416 g/mol. The fourth-order valence-electron chi connectivity index (χ4n) is 4.69. The summed E-state index contributed by atoms with van der Waals surface area (Å²) in [6, 6.07) is 8.69. The number of methoxy groups -OCH3 is 1. The number of quaternary nitrogens is 1. The van der Waals surface area contributed by atoms with Crippen molar-refractivity contribution in [3.8, 4) is 5.75 Å². The summed E-state index contributed by atoms with van der Waals surface area (Å²) in [5.74, 6) is 2.51. The molecule has 0 aliphatic carbocycles. The molecule has 2 aliphatic heterocycles. The van der Waals surface area contributed by atoms with Gasteiger partial charge in [0.25, 0.3) is 0 Å². The van der Waals surface area contributed by atoms with E-state index in [4.69, 9.17) is 9.47 Å². The molecule has 0 spiro atoms. The Hall–Kier alpha value is -2.19. The maximum absolute atomic E-state index is 5.83. The van der Waals surface area contributed by atoms with Crippen LogP contribution in [0, 0.1) is 5.92 Å². The van der Waals surface area contributed by atoms with Crippen LogP contribution in [-0.4, -0.2) is 66.2 Å². The van der Waals surface area contributed by atoms with E-state index in [1.807, 2.05) is 16.8 Å². The molecule has 0 bridgehead atoms. The summed E-state index contributed by atoms with van der Waals surface area (Å²) < 4.78 is 13.1. The summed E-state index contributed by atoms with van der Waals surface area (Å²) in [6.07, 6.45) is 3.57. The first-order valence-corrected chi connectivity index (χ1v) is 11.2. The third-order valence-corrected chi connectivity index (χ3v) is 6.31. The number of nitrogens with one attached hydrogen (secondary N) is 1. The molecule has 1 aromatic heterocycles. The molecule has 8 nitrogen and oxygen atoms in total. The van der Waals surface area contributed by atoms with Crippen molar-refractivity contribution in [2.45, 2.75) is 51.8 Å². The molecule has 2 aromatic rings. The van der Waals surface area contributed by atoms with E-state index in [1.54, 1.807) is 12.0 Å². The predicted molar refractivity (Wildman–Crippen MR) is 115 cm³/mol.